The highest BCUT2D eigenvalue weighted by Gasteiger charge is 2.08. The molecule has 0 aliphatic rings. The quantitative estimate of drug-likeness (QED) is 0.473. The molecule has 0 amide bonds. The van der Waals surface area contributed by atoms with Crippen LogP contribution in [0.5, 0.6) is 5.75 Å². The van der Waals surface area contributed by atoms with Crippen molar-refractivity contribution in [2.45, 2.75) is 20.4 Å². The highest BCUT2D eigenvalue weighted by molar-refractivity contribution is 5.80. The smallest absolute Gasteiger partial charge is 0.137 e. The van der Waals surface area contributed by atoms with Gasteiger partial charge in [0, 0.05) is 17.0 Å². The van der Waals surface area contributed by atoms with Crippen molar-refractivity contribution in [1.82, 2.24) is 0 Å². The molecule has 4 rings (SSSR count). The molecule has 2 aromatic heterocycles. The molecule has 2 heterocycles. The van der Waals surface area contributed by atoms with Crippen molar-refractivity contribution < 1.29 is 13.6 Å². The van der Waals surface area contributed by atoms with Gasteiger partial charge in [-0.05, 0) is 44.2 Å². The molecule has 0 atom stereocenters. The summed E-state index contributed by atoms with van der Waals surface area (Å²) in [6, 6.07) is 19.9. The summed E-state index contributed by atoms with van der Waals surface area (Å²) in [6.45, 7) is 5.12. The lowest BCUT2D eigenvalue weighted by molar-refractivity contribution is 0.340. The van der Waals surface area contributed by atoms with Gasteiger partial charge in [0.2, 0.25) is 0 Å². The fourth-order valence-corrected chi connectivity index (χ4v) is 2.96. The number of hydrogen-bond donors (Lipinski definition) is 0. The SMILES string of the molecule is CCOc1ccc2oc(-c3ccc(C)cc3)cc(=NCc3ccco3)c2c1. The van der Waals surface area contributed by atoms with Crippen LogP contribution in [-0.4, -0.2) is 6.61 Å². The summed E-state index contributed by atoms with van der Waals surface area (Å²) in [4.78, 5) is 4.77. The first-order valence-corrected chi connectivity index (χ1v) is 9.03. The van der Waals surface area contributed by atoms with Crippen LogP contribution in [0.4, 0.5) is 0 Å². The monoisotopic (exact) mass is 359 g/mol. The van der Waals surface area contributed by atoms with Crippen molar-refractivity contribution >= 4 is 11.0 Å². The largest absolute Gasteiger partial charge is 0.494 e. The van der Waals surface area contributed by atoms with Crippen molar-refractivity contribution in [2.24, 2.45) is 4.99 Å². The van der Waals surface area contributed by atoms with Crippen LogP contribution in [0, 0.1) is 6.92 Å². The van der Waals surface area contributed by atoms with Gasteiger partial charge in [-0.25, -0.2) is 0 Å². The van der Waals surface area contributed by atoms with Crippen molar-refractivity contribution in [1.29, 1.82) is 0 Å². The average Bonchev–Trinajstić information content (AvgIpc) is 3.20. The van der Waals surface area contributed by atoms with Gasteiger partial charge in [-0.3, -0.25) is 4.99 Å². The second-order valence-corrected chi connectivity index (χ2v) is 6.35. The second-order valence-electron chi connectivity index (χ2n) is 6.35. The summed E-state index contributed by atoms with van der Waals surface area (Å²) in [5, 5.41) is 1.77. The lowest BCUT2D eigenvalue weighted by atomic mass is 10.1. The predicted molar refractivity (Wildman–Crippen MR) is 106 cm³/mol. The zero-order valence-corrected chi connectivity index (χ0v) is 15.4. The second kappa shape index (κ2) is 7.54. The van der Waals surface area contributed by atoms with E-state index >= 15 is 0 Å². The van der Waals surface area contributed by atoms with Gasteiger partial charge in [0.05, 0.1) is 24.8 Å². The first kappa shape index (κ1) is 17.2. The Bertz CT molecular complexity index is 1110. The molecule has 136 valence electrons. The van der Waals surface area contributed by atoms with E-state index in [0.717, 1.165) is 39.2 Å². The van der Waals surface area contributed by atoms with E-state index in [0.29, 0.717) is 13.2 Å². The molecule has 4 heteroatoms. The molecule has 0 aliphatic heterocycles. The summed E-state index contributed by atoms with van der Waals surface area (Å²) >= 11 is 0. The van der Waals surface area contributed by atoms with E-state index in [1.165, 1.54) is 5.56 Å². The summed E-state index contributed by atoms with van der Waals surface area (Å²) in [5.74, 6) is 2.41. The van der Waals surface area contributed by atoms with Gasteiger partial charge in [0.1, 0.15) is 22.9 Å². The van der Waals surface area contributed by atoms with Gasteiger partial charge in [0.25, 0.3) is 0 Å². The number of benzene rings is 2. The third kappa shape index (κ3) is 3.80. The zero-order chi connectivity index (χ0) is 18.6. The first-order valence-electron chi connectivity index (χ1n) is 9.03. The maximum absolute atomic E-state index is 6.16. The average molecular weight is 359 g/mol. The maximum atomic E-state index is 6.16. The summed E-state index contributed by atoms with van der Waals surface area (Å²) in [5.41, 5.74) is 3.00. The van der Waals surface area contributed by atoms with Gasteiger partial charge < -0.3 is 13.6 Å². The minimum absolute atomic E-state index is 0.471. The fourth-order valence-electron chi connectivity index (χ4n) is 2.96. The molecule has 4 nitrogen and oxygen atoms in total. The van der Waals surface area contributed by atoms with Crippen LogP contribution in [0.2, 0.25) is 0 Å². The van der Waals surface area contributed by atoms with Crippen LogP contribution in [0.25, 0.3) is 22.3 Å². The zero-order valence-electron chi connectivity index (χ0n) is 15.4. The van der Waals surface area contributed by atoms with Crippen LogP contribution in [0.15, 0.2) is 80.8 Å². The van der Waals surface area contributed by atoms with Crippen LogP contribution in [0.1, 0.15) is 18.2 Å². The van der Waals surface area contributed by atoms with Crippen molar-refractivity contribution in [3.8, 4) is 17.1 Å². The number of furan rings is 1. The Balaban J connectivity index is 1.87. The molecule has 2 aromatic carbocycles. The van der Waals surface area contributed by atoms with E-state index in [-0.39, 0.29) is 0 Å². The molecule has 0 bridgehead atoms. The van der Waals surface area contributed by atoms with Crippen molar-refractivity contribution in [3.63, 3.8) is 0 Å². The Kier molecular flexibility index (Phi) is 4.79. The summed E-state index contributed by atoms with van der Waals surface area (Å²) < 4.78 is 17.2. The molecule has 0 aliphatic carbocycles. The fraction of sp³-hybridized carbons (Fsp3) is 0.174. The molecule has 0 N–H and O–H groups in total. The number of ether oxygens (including phenoxy) is 1. The number of fused-ring (bicyclic) bond motifs is 1. The minimum Gasteiger partial charge on any atom is -0.494 e. The summed E-state index contributed by atoms with van der Waals surface area (Å²) in [7, 11) is 0. The van der Waals surface area contributed by atoms with E-state index < -0.39 is 0 Å². The maximum Gasteiger partial charge on any atom is 0.137 e. The molecule has 0 radical (unpaired) electrons. The van der Waals surface area contributed by atoms with Crippen LogP contribution >= 0.6 is 0 Å². The van der Waals surface area contributed by atoms with Crippen molar-refractivity contribution in [2.75, 3.05) is 6.61 Å². The number of nitrogens with zero attached hydrogens (tertiary/aromatic N) is 1. The topological polar surface area (TPSA) is 47.9 Å². The molecule has 0 saturated heterocycles. The van der Waals surface area contributed by atoms with Gasteiger partial charge in [0.15, 0.2) is 0 Å². The Morgan fingerprint density at radius 3 is 2.59 bits per heavy atom. The van der Waals surface area contributed by atoms with Gasteiger partial charge in [-0.1, -0.05) is 29.8 Å². The van der Waals surface area contributed by atoms with Crippen LogP contribution in [0.3, 0.4) is 0 Å². The van der Waals surface area contributed by atoms with E-state index in [1.54, 1.807) is 6.26 Å². The number of rotatable bonds is 5. The van der Waals surface area contributed by atoms with Gasteiger partial charge in [-0.15, -0.1) is 0 Å². The molecule has 0 saturated carbocycles. The third-order valence-corrected chi connectivity index (χ3v) is 4.35. The molecular weight excluding hydrogens is 338 g/mol. The van der Waals surface area contributed by atoms with Crippen molar-refractivity contribution in [3.05, 3.63) is 83.6 Å². The Labute approximate surface area is 157 Å². The van der Waals surface area contributed by atoms with Gasteiger partial charge in [-0.2, -0.15) is 0 Å². The highest BCUT2D eigenvalue weighted by atomic mass is 16.5. The Morgan fingerprint density at radius 2 is 1.85 bits per heavy atom. The molecule has 0 fully saturated rings. The molecule has 4 aromatic rings. The van der Waals surface area contributed by atoms with E-state index in [9.17, 15) is 0 Å². The molecule has 0 unspecified atom stereocenters. The summed E-state index contributed by atoms with van der Waals surface area (Å²) in [6.07, 6.45) is 1.66. The Morgan fingerprint density at radius 1 is 1.00 bits per heavy atom. The number of hydrogen-bond acceptors (Lipinski definition) is 4. The normalized spacial score (nSPS) is 11.9. The predicted octanol–water partition coefficient (Wildman–Crippen LogP) is 5.50. The van der Waals surface area contributed by atoms with E-state index in [2.05, 4.69) is 31.2 Å². The minimum atomic E-state index is 0.471. The van der Waals surface area contributed by atoms with E-state index in [4.69, 9.17) is 18.6 Å². The van der Waals surface area contributed by atoms with Crippen LogP contribution < -0.4 is 10.1 Å². The highest BCUT2D eigenvalue weighted by Crippen LogP contribution is 2.25. The number of aryl methyl sites for hydroxylation is 1. The van der Waals surface area contributed by atoms with E-state index in [1.807, 2.05) is 43.3 Å². The lowest BCUT2D eigenvalue weighted by Crippen LogP contribution is -2.05. The Hall–Kier alpha value is -3.27. The molecular formula is C23H21NO3. The first-order chi connectivity index (χ1) is 13.2. The molecule has 27 heavy (non-hydrogen) atoms. The lowest BCUT2D eigenvalue weighted by Gasteiger charge is -2.08. The van der Waals surface area contributed by atoms with Gasteiger partial charge >= 0.3 is 0 Å². The standard InChI is InChI=1S/C23H21NO3/c1-3-25-18-10-11-22-20(13-18)21(24-15-19-5-4-12-26-19)14-23(27-22)17-8-6-16(2)7-9-17/h4-14H,3,15H2,1-2H3. The van der Waals surface area contributed by atoms with Crippen LogP contribution in [-0.2, 0) is 6.54 Å². The molecule has 0 spiro atoms. The third-order valence-electron chi connectivity index (χ3n) is 4.35.